The van der Waals surface area contributed by atoms with Crippen molar-refractivity contribution >= 4 is 17.5 Å². The lowest BCUT2D eigenvalue weighted by molar-refractivity contribution is -0.115. The largest absolute Gasteiger partial charge is 0.354 e. The Labute approximate surface area is 111 Å². The van der Waals surface area contributed by atoms with Crippen LogP contribution in [0.2, 0.25) is 0 Å². The Morgan fingerprint density at radius 1 is 1.37 bits per heavy atom. The summed E-state index contributed by atoms with van der Waals surface area (Å²) in [5.41, 5.74) is 3.40. The van der Waals surface area contributed by atoms with Crippen LogP contribution in [0, 0.1) is 0 Å². The van der Waals surface area contributed by atoms with Gasteiger partial charge in [-0.2, -0.15) is 0 Å². The summed E-state index contributed by atoms with van der Waals surface area (Å²) in [7, 11) is 0. The van der Waals surface area contributed by atoms with Gasteiger partial charge in [-0.3, -0.25) is 4.79 Å². The van der Waals surface area contributed by atoms with Gasteiger partial charge in [0.05, 0.1) is 17.8 Å². The summed E-state index contributed by atoms with van der Waals surface area (Å²) in [5, 5.41) is 5.99. The fourth-order valence-electron chi connectivity index (χ4n) is 2.18. The minimum absolute atomic E-state index is 0.0361. The number of anilines is 2. The molecule has 3 rings (SSSR count). The smallest absolute Gasteiger partial charge is 0.228 e. The molecule has 0 radical (unpaired) electrons. The number of carbonyl (C=O) groups is 1. The third kappa shape index (κ3) is 2.14. The van der Waals surface area contributed by atoms with Crippen molar-refractivity contribution in [2.24, 2.45) is 0 Å². The van der Waals surface area contributed by atoms with E-state index in [2.05, 4.69) is 20.6 Å². The van der Waals surface area contributed by atoms with E-state index in [1.54, 1.807) is 6.20 Å². The average Bonchev–Trinajstić information content (AvgIpc) is 2.55. The lowest BCUT2D eigenvalue weighted by atomic mass is 10.1. The predicted molar refractivity (Wildman–Crippen MR) is 74.0 cm³/mol. The SMILES string of the molecule is CCNc1ncc2c(n1)-c1ccccc1NC(=O)C2. The highest BCUT2D eigenvalue weighted by molar-refractivity contribution is 5.99. The second-order valence-electron chi connectivity index (χ2n) is 4.37. The quantitative estimate of drug-likeness (QED) is 0.861. The van der Waals surface area contributed by atoms with Gasteiger partial charge >= 0.3 is 0 Å². The third-order valence-electron chi connectivity index (χ3n) is 3.01. The molecule has 0 bridgehead atoms. The van der Waals surface area contributed by atoms with Crippen molar-refractivity contribution in [3.8, 4) is 11.3 Å². The van der Waals surface area contributed by atoms with E-state index in [9.17, 15) is 4.79 Å². The first-order valence-corrected chi connectivity index (χ1v) is 6.27. The number of hydrogen-bond donors (Lipinski definition) is 2. The lowest BCUT2D eigenvalue weighted by Gasteiger charge is -2.09. The molecule has 2 aromatic rings. The van der Waals surface area contributed by atoms with Gasteiger partial charge in [0, 0.05) is 23.9 Å². The molecule has 0 atom stereocenters. The van der Waals surface area contributed by atoms with Crippen LogP contribution in [-0.4, -0.2) is 22.4 Å². The molecule has 5 heteroatoms. The Kier molecular flexibility index (Phi) is 2.87. The van der Waals surface area contributed by atoms with E-state index in [1.807, 2.05) is 31.2 Å². The molecule has 0 spiro atoms. The van der Waals surface area contributed by atoms with Crippen molar-refractivity contribution in [3.63, 3.8) is 0 Å². The minimum Gasteiger partial charge on any atom is -0.354 e. The van der Waals surface area contributed by atoms with Crippen LogP contribution in [0.15, 0.2) is 30.5 Å². The van der Waals surface area contributed by atoms with Crippen molar-refractivity contribution in [3.05, 3.63) is 36.0 Å². The number of carbonyl (C=O) groups excluding carboxylic acids is 1. The molecule has 5 nitrogen and oxygen atoms in total. The molecule has 1 aromatic heterocycles. The van der Waals surface area contributed by atoms with E-state index in [1.165, 1.54) is 0 Å². The molecule has 1 aliphatic heterocycles. The molecule has 0 fully saturated rings. The molecule has 1 aliphatic rings. The Bertz CT molecular complexity index is 639. The third-order valence-corrected chi connectivity index (χ3v) is 3.01. The Hall–Kier alpha value is -2.43. The van der Waals surface area contributed by atoms with Crippen LogP contribution in [0.5, 0.6) is 0 Å². The van der Waals surface area contributed by atoms with Crippen LogP contribution in [0.1, 0.15) is 12.5 Å². The maximum atomic E-state index is 11.8. The molecule has 1 aromatic carbocycles. The maximum Gasteiger partial charge on any atom is 0.228 e. The topological polar surface area (TPSA) is 66.9 Å². The van der Waals surface area contributed by atoms with Gasteiger partial charge < -0.3 is 10.6 Å². The maximum absolute atomic E-state index is 11.8. The number of nitrogens with zero attached hydrogens (tertiary/aromatic N) is 2. The minimum atomic E-state index is -0.0361. The van der Waals surface area contributed by atoms with Gasteiger partial charge in [0.1, 0.15) is 0 Å². The molecule has 2 N–H and O–H groups in total. The molecular formula is C14H14N4O. The number of rotatable bonds is 2. The van der Waals surface area contributed by atoms with Crippen LogP contribution in [0.25, 0.3) is 11.3 Å². The molecule has 2 heterocycles. The predicted octanol–water partition coefficient (Wildman–Crippen LogP) is 2.07. The zero-order valence-corrected chi connectivity index (χ0v) is 10.6. The highest BCUT2D eigenvalue weighted by Crippen LogP contribution is 2.32. The van der Waals surface area contributed by atoms with Gasteiger partial charge in [-0.15, -0.1) is 0 Å². The molecule has 1 amide bonds. The first-order chi connectivity index (χ1) is 9.28. The van der Waals surface area contributed by atoms with Gasteiger partial charge in [-0.1, -0.05) is 18.2 Å². The van der Waals surface area contributed by atoms with Gasteiger partial charge in [0.2, 0.25) is 11.9 Å². The van der Waals surface area contributed by atoms with E-state index in [0.717, 1.165) is 29.1 Å². The molecule has 0 aliphatic carbocycles. The van der Waals surface area contributed by atoms with Crippen molar-refractivity contribution in [2.45, 2.75) is 13.3 Å². The molecular weight excluding hydrogens is 240 g/mol. The van der Waals surface area contributed by atoms with Gasteiger partial charge in [-0.05, 0) is 13.0 Å². The monoisotopic (exact) mass is 254 g/mol. The Morgan fingerprint density at radius 3 is 3.05 bits per heavy atom. The van der Waals surface area contributed by atoms with Crippen LogP contribution in [0.3, 0.4) is 0 Å². The Balaban J connectivity index is 2.19. The second kappa shape index (κ2) is 4.68. The van der Waals surface area contributed by atoms with Crippen LogP contribution in [-0.2, 0) is 11.2 Å². The normalized spacial score (nSPS) is 13.0. The second-order valence-corrected chi connectivity index (χ2v) is 4.37. The first kappa shape index (κ1) is 11.6. The number of nitrogens with one attached hydrogen (secondary N) is 2. The van der Waals surface area contributed by atoms with E-state index in [4.69, 9.17) is 0 Å². The molecule has 0 saturated heterocycles. The summed E-state index contributed by atoms with van der Waals surface area (Å²) in [6, 6.07) is 7.69. The first-order valence-electron chi connectivity index (χ1n) is 6.27. The number of aromatic nitrogens is 2. The lowest BCUT2D eigenvalue weighted by Crippen LogP contribution is -2.12. The highest BCUT2D eigenvalue weighted by Gasteiger charge is 2.20. The molecule has 19 heavy (non-hydrogen) atoms. The zero-order valence-electron chi connectivity index (χ0n) is 10.6. The fourth-order valence-corrected chi connectivity index (χ4v) is 2.18. The van der Waals surface area contributed by atoms with E-state index in [-0.39, 0.29) is 5.91 Å². The number of amides is 1. The summed E-state index contributed by atoms with van der Waals surface area (Å²) in [6.07, 6.45) is 2.03. The number of fused-ring (bicyclic) bond motifs is 3. The van der Waals surface area contributed by atoms with Gasteiger partial charge in [0.25, 0.3) is 0 Å². The number of benzene rings is 1. The van der Waals surface area contributed by atoms with Crippen LogP contribution >= 0.6 is 0 Å². The zero-order chi connectivity index (χ0) is 13.2. The number of hydrogen-bond acceptors (Lipinski definition) is 4. The molecule has 0 unspecified atom stereocenters. The van der Waals surface area contributed by atoms with Crippen LogP contribution in [0.4, 0.5) is 11.6 Å². The summed E-state index contributed by atoms with van der Waals surface area (Å²) in [4.78, 5) is 20.6. The fraction of sp³-hybridized carbons (Fsp3) is 0.214. The van der Waals surface area contributed by atoms with Crippen molar-refractivity contribution < 1.29 is 4.79 Å². The van der Waals surface area contributed by atoms with Crippen molar-refractivity contribution in [2.75, 3.05) is 17.2 Å². The van der Waals surface area contributed by atoms with Gasteiger partial charge in [-0.25, -0.2) is 9.97 Å². The van der Waals surface area contributed by atoms with Gasteiger partial charge in [0.15, 0.2) is 0 Å². The van der Waals surface area contributed by atoms with E-state index >= 15 is 0 Å². The number of para-hydroxylation sites is 1. The summed E-state index contributed by atoms with van der Waals surface area (Å²) in [6.45, 7) is 2.76. The highest BCUT2D eigenvalue weighted by atomic mass is 16.1. The van der Waals surface area contributed by atoms with E-state index in [0.29, 0.717) is 12.4 Å². The summed E-state index contributed by atoms with van der Waals surface area (Å²) in [5.74, 6) is 0.552. The van der Waals surface area contributed by atoms with Crippen molar-refractivity contribution in [1.29, 1.82) is 0 Å². The summed E-state index contributed by atoms with van der Waals surface area (Å²) < 4.78 is 0. The standard InChI is InChI=1S/C14H14N4O/c1-2-15-14-16-8-9-7-12(19)17-11-6-4-3-5-10(11)13(9)18-14/h3-6,8H,2,7H2,1H3,(H,17,19)(H,15,16,18). The Morgan fingerprint density at radius 2 is 2.21 bits per heavy atom. The summed E-state index contributed by atoms with van der Waals surface area (Å²) >= 11 is 0. The average molecular weight is 254 g/mol. The van der Waals surface area contributed by atoms with Crippen LogP contribution < -0.4 is 10.6 Å². The van der Waals surface area contributed by atoms with Crippen molar-refractivity contribution in [1.82, 2.24) is 9.97 Å². The molecule has 96 valence electrons. The van der Waals surface area contributed by atoms with E-state index < -0.39 is 0 Å². The molecule has 0 saturated carbocycles.